The molecule has 0 saturated heterocycles. The molecule has 0 bridgehead atoms. The van der Waals surface area contributed by atoms with Crippen molar-refractivity contribution in [2.45, 2.75) is 18.6 Å². The standard InChI is InChI=1S/C16H15BrO3/c1-19-12-5-6-13-14(18)9-15(20-16(13)8-12)10-3-2-4-11(17)7-10/h2-8,14-15,18H,9H2,1H3/t14-,15?/m0/s1. The largest absolute Gasteiger partial charge is 0.497 e. The van der Waals surface area contributed by atoms with Crippen LogP contribution in [0, 0.1) is 0 Å². The van der Waals surface area contributed by atoms with Gasteiger partial charge in [-0.2, -0.15) is 0 Å². The summed E-state index contributed by atoms with van der Waals surface area (Å²) in [6.07, 6.45) is -0.119. The highest BCUT2D eigenvalue weighted by molar-refractivity contribution is 9.10. The van der Waals surface area contributed by atoms with Crippen LogP contribution in [0.2, 0.25) is 0 Å². The molecule has 0 aliphatic carbocycles. The zero-order valence-electron chi connectivity index (χ0n) is 11.0. The van der Waals surface area contributed by atoms with E-state index in [2.05, 4.69) is 15.9 Å². The molecule has 1 N–H and O–H groups in total. The van der Waals surface area contributed by atoms with Crippen LogP contribution < -0.4 is 9.47 Å². The first-order chi connectivity index (χ1) is 9.67. The summed E-state index contributed by atoms with van der Waals surface area (Å²) in [6, 6.07) is 13.5. The molecule has 20 heavy (non-hydrogen) atoms. The fourth-order valence-corrected chi connectivity index (χ4v) is 2.88. The lowest BCUT2D eigenvalue weighted by Crippen LogP contribution is -2.19. The molecule has 1 heterocycles. The minimum absolute atomic E-state index is 0.151. The van der Waals surface area contributed by atoms with E-state index in [0.717, 1.165) is 21.3 Å². The van der Waals surface area contributed by atoms with Gasteiger partial charge in [-0.3, -0.25) is 0 Å². The van der Waals surface area contributed by atoms with Gasteiger partial charge in [0.05, 0.1) is 13.2 Å². The third-order valence-corrected chi connectivity index (χ3v) is 4.00. The third-order valence-electron chi connectivity index (χ3n) is 3.51. The maximum atomic E-state index is 10.3. The molecule has 1 aliphatic rings. The molecule has 2 aromatic carbocycles. The van der Waals surface area contributed by atoms with Crippen LogP contribution in [-0.4, -0.2) is 12.2 Å². The van der Waals surface area contributed by atoms with Crippen molar-refractivity contribution in [2.75, 3.05) is 7.11 Å². The van der Waals surface area contributed by atoms with Crippen molar-refractivity contribution in [1.82, 2.24) is 0 Å². The molecule has 0 fully saturated rings. The van der Waals surface area contributed by atoms with Crippen molar-refractivity contribution in [2.24, 2.45) is 0 Å². The molecule has 3 nitrogen and oxygen atoms in total. The predicted molar refractivity (Wildman–Crippen MR) is 80.1 cm³/mol. The van der Waals surface area contributed by atoms with Crippen LogP contribution >= 0.6 is 15.9 Å². The van der Waals surface area contributed by atoms with Crippen LogP contribution in [0.4, 0.5) is 0 Å². The molecule has 2 aromatic rings. The summed E-state index contributed by atoms with van der Waals surface area (Å²) in [5, 5.41) is 10.3. The maximum absolute atomic E-state index is 10.3. The fraction of sp³-hybridized carbons (Fsp3) is 0.250. The number of halogens is 1. The average Bonchev–Trinajstić information content (AvgIpc) is 2.46. The second-order valence-electron chi connectivity index (χ2n) is 4.82. The van der Waals surface area contributed by atoms with Gasteiger partial charge in [0.1, 0.15) is 17.6 Å². The van der Waals surface area contributed by atoms with E-state index in [1.807, 2.05) is 42.5 Å². The van der Waals surface area contributed by atoms with Gasteiger partial charge in [0, 0.05) is 22.5 Å². The Balaban J connectivity index is 1.95. The molecule has 0 spiro atoms. The molecule has 3 rings (SSSR count). The summed E-state index contributed by atoms with van der Waals surface area (Å²) in [5.41, 5.74) is 1.86. The van der Waals surface area contributed by atoms with E-state index in [4.69, 9.17) is 9.47 Å². The van der Waals surface area contributed by atoms with Crippen LogP contribution in [0.5, 0.6) is 11.5 Å². The number of ether oxygens (including phenoxy) is 2. The molecule has 1 unspecified atom stereocenters. The number of hydrogen-bond donors (Lipinski definition) is 1. The van der Waals surface area contributed by atoms with Gasteiger partial charge in [-0.15, -0.1) is 0 Å². The van der Waals surface area contributed by atoms with Gasteiger partial charge in [-0.05, 0) is 29.8 Å². The lowest BCUT2D eigenvalue weighted by atomic mass is 9.95. The van der Waals surface area contributed by atoms with E-state index < -0.39 is 6.10 Å². The fourth-order valence-electron chi connectivity index (χ4n) is 2.46. The maximum Gasteiger partial charge on any atom is 0.129 e. The Morgan fingerprint density at radius 1 is 1.25 bits per heavy atom. The normalized spacial score (nSPS) is 20.9. The highest BCUT2D eigenvalue weighted by Crippen LogP contribution is 2.42. The Labute approximate surface area is 126 Å². The SMILES string of the molecule is COc1ccc2c(c1)OC(c1cccc(Br)c1)C[C@@H]2O. The molecule has 0 aromatic heterocycles. The Kier molecular flexibility index (Phi) is 3.68. The molecule has 0 radical (unpaired) electrons. The van der Waals surface area contributed by atoms with E-state index in [9.17, 15) is 5.11 Å². The first-order valence-electron chi connectivity index (χ1n) is 6.45. The summed E-state index contributed by atoms with van der Waals surface area (Å²) in [4.78, 5) is 0. The second kappa shape index (κ2) is 5.46. The first-order valence-corrected chi connectivity index (χ1v) is 7.25. The van der Waals surface area contributed by atoms with Crippen molar-refractivity contribution in [3.8, 4) is 11.5 Å². The van der Waals surface area contributed by atoms with E-state index in [1.54, 1.807) is 7.11 Å². The molecule has 1 aliphatic heterocycles. The molecular weight excluding hydrogens is 320 g/mol. The smallest absolute Gasteiger partial charge is 0.129 e. The number of fused-ring (bicyclic) bond motifs is 1. The first kappa shape index (κ1) is 13.5. The molecule has 2 atom stereocenters. The zero-order valence-corrected chi connectivity index (χ0v) is 12.6. The Bertz CT molecular complexity index is 627. The van der Waals surface area contributed by atoms with Crippen LogP contribution in [0.3, 0.4) is 0 Å². The van der Waals surface area contributed by atoms with E-state index in [-0.39, 0.29) is 6.10 Å². The summed E-state index contributed by atoms with van der Waals surface area (Å²) < 4.78 is 12.2. The molecule has 0 amide bonds. The number of methoxy groups -OCH3 is 1. The predicted octanol–water partition coefficient (Wildman–Crippen LogP) is 4.01. The monoisotopic (exact) mass is 334 g/mol. The van der Waals surface area contributed by atoms with E-state index in [1.165, 1.54) is 0 Å². The topological polar surface area (TPSA) is 38.7 Å². The van der Waals surface area contributed by atoms with Crippen molar-refractivity contribution < 1.29 is 14.6 Å². The van der Waals surface area contributed by atoms with Gasteiger partial charge in [-0.1, -0.05) is 28.1 Å². The van der Waals surface area contributed by atoms with Gasteiger partial charge < -0.3 is 14.6 Å². The molecule has 104 valence electrons. The minimum atomic E-state index is -0.520. The minimum Gasteiger partial charge on any atom is -0.497 e. The Hall–Kier alpha value is -1.52. The van der Waals surface area contributed by atoms with Crippen LogP contribution in [0.1, 0.15) is 29.8 Å². The second-order valence-corrected chi connectivity index (χ2v) is 5.73. The van der Waals surface area contributed by atoms with Crippen LogP contribution in [-0.2, 0) is 0 Å². The molecule has 0 saturated carbocycles. The van der Waals surface area contributed by atoms with E-state index in [0.29, 0.717) is 12.2 Å². The van der Waals surface area contributed by atoms with Gasteiger partial charge >= 0.3 is 0 Å². The average molecular weight is 335 g/mol. The van der Waals surface area contributed by atoms with Crippen molar-refractivity contribution in [1.29, 1.82) is 0 Å². The summed E-state index contributed by atoms with van der Waals surface area (Å²) in [6.45, 7) is 0. The van der Waals surface area contributed by atoms with Crippen molar-refractivity contribution in [3.05, 3.63) is 58.1 Å². The van der Waals surface area contributed by atoms with Crippen LogP contribution in [0.15, 0.2) is 46.9 Å². The Morgan fingerprint density at radius 2 is 2.10 bits per heavy atom. The number of aliphatic hydroxyl groups excluding tert-OH is 1. The van der Waals surface area contributed by atoms with Gasteiger partial charge in [0.2, 0.25) is 0 Å². The summed E-state index contributed by atoms with van der Waals surface area (Å²) in [5.74, 6) is 1.42. The number of rotatable bonds is 2. The van der Waals surface area contributed by atoms with Crippen molar-refractivity contribution in [3.63, 3.8) is 0 Å². The quantitative estimate of drug-likeness (QED) is 0.901. The molecular formula is C16H15BrO3. The zero-order chi connectivity index (χ0) is 14.1. The van der Waals surface area contributed by atoms with Gasteiger partial charge in [0.15, 0.2) is 0 Å². The van der Waals surface area contributed by atoms with Gasteiger partial charge in [0.25, 0.3) is 0 Å². The van der Waals surface area contributed by atoms with E-state index >= 15 is 0 Å². The highest BCUT2D eigenvalue weighted by atomic mass is 79.9. The highest BCUT2D eigenvalue weighted by Gasteiger charge is 2.28. The third kappa shape index (κ3) is 2.53. The van der Waals surface area contributed by atoms with Gasteiger partial charge in [-0.25, -0.2) is 0 Å². The van der Waals surface area contributed by atoms with Crippen LogP contribution in [0.25, 0.3) is 0 Å². The van der Waals surface area contributed by atoms with Crippen molar-refractivity contribution >= 4 is 15.9 Å². The number of aliphatic hydroxyl groups is 1. The summed E-state index contributed by atoms with van der Waals surface area (Å²) in [7, 11) is 1.62. The molecule has 4 heteroatoms. The summed E-state index contributed by atoms with van der Waals surface area (Å²) >= 11 is 3.46. The number of hydrogen-bond acceptors (Lipinski definition) is 3. The lowest BCUT2D eigenvalue weighted by Gasteiger charge is -2.30. The number of benzene rings is 2. The lowest BCUT2D eigenvalue weighted by molar-refractivity contribution is 0.0654. The Morgan fingerprint density at radius 3 is 2.85 bits per heavy atom.